The molecular weight excluding hydrogens is 680 g/mol. The highest BCUT2D eigenvalue weighted by Gasteiger charge is 2.20. The van der Waals surface area contributed by atoms with E-state index < -0.39 is 0 Å². The molecule has 8 bridgehead atoms. The number of benzene rings is 6. The van der Waals surface area contributed by atoms with Gasteiger partial charge in [-0.1, -0.05) is 97.1 Å². The molecule has 2 N–H and O–H groups in total. The zero-order valence-corrected chi connectivity index (χ0v) is 29.7. The van der Waals surface area contributed by atoms with E-state index in [1.807, 2.05) is 72.8 Å². The van der Waals surface area contributed by atoms with Crippen LogP contribution in [0.15, 0.2) is 121 Å². The van der Waals surface area contributed by atoms with Gasteiger partial charge >= 0.3 is 0 Å². The number of hydrogen-bond acceptors (Lipinski definition) is 8. The molecule has 1 aliphatic carbocycles. The molecule has 0 radical (unpaired) electrons. The first-order valence-electron chi connectivity index (χ1n) is 17.9. The molecule has 1 aliphatic rings. The zero-order valence-electron chi connectivity index (χ0n) is 29.7. The fourth-order valence-electron chi connectivity index (χ4n) is 6.85. The third-order valence-electron chi connectivity index (χ3n) is 9.47. The van der Waals surface area contributed by atoms with Crippen LogP contribution in [0, 0.1) is 0 Å². The number of phenols is 2. The number of fused-ring (bicyclic) bond motifs is 8. The average Bonchev–Trinajstić information content (AvgIpc) is 3.19. The zero-order chi connectivity index (χ0) is 37.3. The van der Waals surface area contributed by atoms with Crippen molar-refractivity contribution in [3.05, 3.63) is 177 Å². The normalized spacial score (nSPS) is 12.0. The van der Waals surface area contributed by atoms with E-state index in [1.165, 1.54) is 0 Å². The van der Waals surface area contributed by atoms with Gasteiger partial charge in [-0.25, -0.2) is 0 Å². The lowest BCUT2D eigenvalue weighted by Gasteiger charge is -2.20. The molecule has 0 atom stereocenters. The molecular formula is C46H40O8. The Balaban J connectivity index is 1.20. The summed E-state index contributed by atoms with van der Waals surface area (Å²) in [5.74, 6) is 2.91. The highest BCUT2D eigenvalue weighted by Crippen LogP contribution is 2.38. The molecule has 0 heterocycles. The van der Waals surface area contributed by atoms with Crippen LogP contribution >= 0.6 is 0 Å². The quantitative estimate of drug-likeness (QED) is 0.0958. The van der Waals surface area contributed by atoms with Gasteiger partial charge in [0.25, 0.3) is 0 Å². The molecule has 7 rings (SSSR count). The van der Waals surface area contributed by atoms with Crippen molar-refractivity contribution in [2.45, 2.75) is 25.7 Å². The summed E-state index contributed by atoms with van der Waals surface area (Å²) < 4.78 is 24.7. The van der Waals surface area contributed by atoms with Crippen LogP contribution in [0.5, 0.6) is 34.5 Å². The Bertz CT molecular complexity index is 2030. The smallest absolute Gasteiger partial charge is 0.150 e. The van der Waals surface area contributed by atoms with E-state index in [2.05, 4.69) is 0 Å². The first-order valence-corrected chi connectivity index (χ1v) is 17.9. The van der Waals surface area contributed by atoms with Gasteiger partial charge in [-0.3, -0.25) is 9.59 Å². The number of hydrogen-bond donors (Lipinski definition) is 2. The maximum atomic E-state index is 11.7. The van der Waals surface area contributed by atoms with Crippen LogP contribution in [0.25, 0.3) is 0 Å². The van der Waals surface area contributed by atoms with Crippen LogP contribution in [-0.2, 0) is 25.7 Å². The van der Waals surface area contributed by atoms with Crippen LogP contribution in [0.4, 0.5) is 0 Å². The highest BCUT2D eigenvalue weighted by molar-refractivity contribution is 5.75. The molecule has 272 valence electrons. The minimum atomic E-state index is 0.206. The molecule has 0 spiro atoms. The Hall–Kier alpha value is -6.54. The summed E-state index contributed by atoms with van der Waals surface area (Å²) in [7, 11) is 0. The Morgan fingerprint density at radius 3 is 1.04 bits per heavy atom. The summed E-state index contributed by atoms with van der Waals surface area (Å²) in [6.07, 6.45) is 3.19. The van der Waals surface area contributed by atoms with Crippen LogP contribution < -0.4 is 18.9 Å². The number of ether oxygens (including phenoxy) is 4. The molecule has 54 heavy (non-hydrogen) atoms. The van der Waals surface area contributed by atoms with Crippen LogP contribution in [0.2, 0.25) is 0 Å². The Morgan fingerprint density at radius 2 is 0.704 bits per heavy atom. The van der Waals surface area contributed by atoms with Crippen molar-refractivity contribution in [1.29, 1.82) is 0 Å². The number of carbonyl (C=O) groups excluding carboxylic acids is 2. The van der Waals surface area contributed by atoms with Crippen LogP contribution in [0.3, 0.4) is 0 Å². The molecule has 0 amide bonds. The number of rotatable bonds is 12. The predicted molar refractivity (Wildman–Crippen MR) is 206 cm³/mol. The Morgan fingerprint density at radius 1 is 0.407 bits per heavy atom. The summed E-state index contributed by atoms with van der Waals surface area (Å²) in [6.45, 7) is 0.973. The second-order valence-corrected chi connectivity index (χ2v) is 13.1. The van der Waals surface area contributed by atoms with E-state index in [0.717, 1.165) is 57.1 Å². The summed E-state index contributed by atoms with van der Waals surface area (Å²) >= 11 is 0. The van der Waals surface area contributed by atoms with Gasteiger partial charge in [0.1, 0.15) is 73.5 Å². The van der Waals surface area contributed by atoms with E-state index in [4.69, 9.17) is 18.9 Å². The number of aldehydes is 2. The number of aromatic hydroxyl groups is 2. The van der Waals surface area contributed by atoms with E-state index in [0.29, 0.717) is 59.8 Å². The maximum absolute atomic E-state index is 11.7. The monoisotopic (exact) mass is 720 g/mol. The van der Waals surface area contributed by atoms with E-state index >= 15 is 0 Å². The second-order valence-electron chi connectivity index (χ2n) is 13.1. The minimum Gasteiger partial charge on any atom is -0.507 e. The highest BCUT2D eigenvalue weighted by atomic mass is 16.5. The van der Waals surface area contributed by atoms with Gasteiger partial charge < -0.3 is 29.2 Å². The van der Waals surface area contributed by atoms with Gasteiger partial charge in [-0.2, -0.15) is 0 Å². The molecule has 8 nitrogen and oxygen atoms in total. The Labute approximate surface area is 314 Å². The fraction of sp³-hybridized carbons (Fsp3) is 0.174. The van der Waals surface area contributed by atoms with Crippen molar-refractivity contribution < 1.29 is 38.7 Å². The largest absolute Gasteiger partial charge is 0.507 e. The van der Waals surface area contributed by atoms with E-state index in [1.54, 1.807) is 48.5 Å². The predicted octanol–water partition coefficient (Wildman–Crippen LogP) is 8.32. The molecule has 8 heteroatoms. The summed E-state index contributed by atoms with van der Waals surface area (Å²) in [5.41, 5.74) is 7.60. The van der Waals surface area contributed by atoms with Crippen molar-refractivity contribution in [3.8, 4) is 34.5 Å². The number of carbonyl (C=O) groups is 2. The molecule has 6 aromatic carbocycles. The third kappa shape index (κ3) is 8.40. The van der Waals surface area contributed by atoms with E-state index in [9.17, 15) is 19.8 Å². The van der Waals surface area contributed by atoms with Crippen molar-refractivity contribution in [1.82, 2.24) is 0 Å². The molecule has 0 fully saturated rings. The van der Waals surface area contributed by atoms with Gasteiger partial charge in [-0.15, -0.1) is 0 Å². The van der Waals surface area contributed by atoms with Crippen molar-refractivity contribution in [2.24, 2.45) is 0 Å². The standard InChI is InChI=1S/C46H40O8/c47-29-31-7-1-17-41(23-31)51-19-21-53-45-37-13-5-14-38(45)26-34-10-4-12-36(44(34)50)28-40-16-6-15-39(27-35-11-3-9-33(25-37)43(35)49)46(40)54-22-20-52-42-18-2-8-32(24-42)30-48/h1-18,23-24,29-30,49-50H,19-22,25-28H2. The average molecular weight is 721 g/mol. The molecule has 0 saturated carbocycles. The lowest BCUT2D eigenvalue weighted by Crippen LogP contribution is -2.12. The van der Waals surface area contributed by atoms with E-state index in [-0.39, 0.29) is 37.9 Å². The molecule has 0 unspecified atom stereocenters. The van der Waals surface area contributed by atoms with Crippen LogP contribution in [0.1, 0.15) is 65.2 Å². The maximum Gasteiger partial charge on any atom is 0.150 e. The van der Waals surface area contributed by atoms with Gasteiger partial charge in [0.2, 0.25) is 0 Å². The molecule has 0 aromatic heterocycles. The topological polar surface area (TPSA) is 112 Å². The third-order valence-corrected chi connectivity index (χ3v) is 9.47. The van der Waals surface area contributed by atoms with Gasteiger partial charge in [0, 0.05) is 36.8 Å². The first kappa shape index (κ1) is 35.8. The number of para-hydroxylation sites is 4. The van der Waals surface area contributed by atoms with Gasteiger partial charge in [0.15, 0.2) is 0 Å². The van der Waals surface area contributed by atoms with Crippen molar-refractivity contribution in [2.75, 3.05) is 26.4 Å². The van der Waals surface area contributed by atoms with Crippen molar-refractivity contribution >= 4 is 12.6 Å². The summed E-state index contributed by atoms with van der Waals surface area (Å²) in [4.78, 5) is 22.5. The summed E-state index contributed by atoms with van der Waals surface area (Å²) in [5, 5.41) is 23.4. The number of phenolic OH excluding ortho intramolecular Hbond substituents is 2. The van der Waals surface area contributed by atoms with Gasteiger partial charge in [-0.05, 0) is 68.8 Å². The lowest BCUT2D eigenvalue weighted by molar-refractivity contribution is 0.111. The summed E-state index contributed by atoms with van der Waals surface area (Å²) in [6, 6.07) is 37.4. The van der Waals surface area contributed by atoms with Gasteiger partial charge in [0.05, 0.1) is 0 Å². The first-order chi connectivity index (χ1) is 26.5. The fourth-order valence-corrected chi connectivity index (χ4v) is 6.85. The molecule has 0 saturated heterocycles. The Kier molecular flexibility index (Phi) is 11.2. The van der Waals surface area contributed by atoms with Crippen LogP contribution in [-0.4, -0.2) is 49.2 Å². The SMILES string of the molecule is O=Cc1cccc(OCCOc2c3cccc2Cc2cccc(c2O)Cc2cccc(c2OCCOc2cccc(C=O)c2)Cc2cccc(c2O)C3)c1. The minimum absolute atomic E-state index is 0.206. The second kappa shape index (κ2) is 16.9. The lowest BCUT2D eigenvalue weighted by atomic mass is 9.91. The van der Waals surface area contributed by atoms with Crippen molar-refractivity contribution in [3.63, 3.8) is 0 Å². The molecule has 0 aliphatic heterocycles. The molecule has 6 aromatic rings.